The van der Waals surface area contributed by atoms with E-state index in [2.05, 4.69) is 31.3 Å². The first kappa shape index (κ1) is 72.7. The quantitative estimate of drug-likeness (QED) is 0.0261. The third-order valence-electron chi connectivity index (χ3n) is 16.3. The summed E-state index contributed by atoms with van der Waals surface area (Å²) in [5, 5.41) is 54.7. The van der Waals surface area contributed by atoms with Crippen molar-refractivity contribution < 1.29 is 39.8 Å². The van der Waals surface area contributed by atoms with Crippen molar-refractivity contribution in [1.29, 1.82) is 0 Å². The molecule has 76 heavy (non-hydrogen) atoms. The number of ether oxygens (including phenoxy) is 2. The van der Waals surface area contributed by atoms with Crippen molar-refractivity contribution >= 4 is 5.91 Å². The number of aliphatic hydroxyl groups excluding tert-OH is 5. The molecule has 9 nitrogen and oxygen atoms in total. The lowest BCUT2D eigenvalue weighted by molar-refractivity contribution is -0.302. The summed E-state index contributed by atoms with van der Waals surface area (Å²) < 4.78 is 11.3. The highest BCUT2D eigenvalue weighted by atomic mass is 16.7. The van der Waals surface area contributed by atoms with Gasteiger partial charge in [-0.2, -0.15) is 0 Å². The van der Waals surface area contributed by atoms with E-state index in [-0.39, 0.29) is 12.5 Å². The summed E-state index contributed by atoms with van der Waals surface area (Å²) in [4.78, 5) is 13.1. The predicted molar refractivity (Wildman–Crippen MR) is 323 cm³/mol. The number of nitrogens with one attached hydrogen (secondary N) is 1. The summed E-state index contributed by atoms with van der Waals surface area (Å²) in [6.07, 6.45) is 67.1. The maximum absolute atomic E-state index is 13.1. The molecule has 7 unspecified atom stereocenters. The Kier molecular flexibility index (Phi) is 54.4. The smallest absolute Gasteiger partial charge is 0.220 e. The van der Waals surface area contributed by atoms with Crippen LogP contribution >= 0.6 is 0 Å². The Bertz CT molecular complexity index is 1250. The lowest BCUT2D eigenvalue weighted by Gasteiger charge is -2.40. The third kappa shape index (κ3) is 45.4. The zero-order valence-electron chi connectivity index (χ0n) is 50.3. The molecule has 9 heteroatoms. The monoisotopic (exact) mass is 1080 g/mol. The minimum atomic E-state index is -1.57. The minimum absolute atomic E-state index is 0.173. The first-order chi connectivity index (χ1) is 37.3. The normalized spacial score (nSPS) is 18.9. The van der Waals surface area contributed by atoms with Crippen LogP contribution in [-0.2, 0) is 14.3 Å². The van der Waals surface area contributed by atoms with Crippen LogP contribution in [0.5, 0.6) is 0 Å². The fourth-order valence-corrected chi connectivity index (χ4v) is 11.0. The molecule has 1 amide bonds. The van der Waals surface area contributed by atoms with Gasteiger partial charge in [0.05, 0.1) is 25.4 Å². The van der Waals surface area contributed by atoms with Crippen molar-refractivity contribution in [2.45, 2.75) is 384 Å². The van der Waals surface area contributed by atoms with Gasteiger partial charge in [0.15, 0.2) is 6.29 Å². The molecule has 0 aliphatic carbocycles. The summed E-state index contributed by atoms with van der Waals surface area (Å²) in [5.74, 6) is -0.173. The maximum Gasteiger partial charge on any atom is 0.220 e. The molecule has 0 aromatic rings. The third-order valence-corrected chi connectivity index (χ3v) is 16.3. The van der Waals surface area contributed by atoms with Crippen LogP contribution < -0.4 is 5.32 Å². The van der Waals surface area contributed by atoms with E-state index in [4.69, 9.17) is 9.47 Å². The standard InChI is InChI=1S/C67H129NO8/c1-3-5-7-9-11-13-15-17-19-21-23-25-26-27-28-29-30-31-32-33-34-35-37-38-40-42-44-46-48-50-52-54-56-61(70)60(59-75-67-66(74)65(73)64(72)62(58-69)76-67)68-63(71)57-55-53-51-49-47-45-43-41-39-36-24-22-20-18-16-14-12-10-8-6-4-2/h22,24,54,56,60-62,64-67,69-70,72-74H,3-21,23,25-53,55,57-59H2,1-2H3,(H,68,71)/b24-22-,56-54+. The molecule has 0 spiro atoms. The number of carbonyl (C=O) groups is 1. The van der Waals surface area contributed by atoms with Gasteiger partial charge >= 0.3 is 0 Å². The van der Waals surface area contributed by atoms with Crippen LogP contribution in [0.1, 0.15) is 341 Å². The van der Waals surface area contributed by atoms with Crippen LogP contribution in [0.4, 0.5) is 0 Å². The first-order valence-electron chi connectivity index (χ1n) is 33.6. The van der Waals surface area contributed by atoms with E-state index in [0.29, 0.717) is 6.42 Å². The summed E-state index contributed by atoms with van der Waals surface area (Å²) in [6.45, 7) is 3.83. The molecule has 0 bridgehead atoms. The van der Waals surface area contributed by atoms with Crippen LogP contribution in [0.2, 0.25) is 0 Å². The minimum Gasteiger partial charge on any atom is -0.394 e. The number of rotatable bonds is 59. The molecular weight excluding hydrogens is 947 g/mol. The Labute approximate surface area is 470 Å². The molecule has 0 radical (unpaired) electrons. The Balaban J connectivity index is 2.13. The van der Waals surface area contributed by atoms with E-state index in [9.17, 15) is 30.3 Å². The molecule has 0 saturated carbocycles. The van der Waals surface area contributed by atoms with Crippen LogP contribution in [-0.4, -0.2) is 87.5 Å². The number of allylic oxidation sites excluding steroid dienone is 3. The zero-order chi connectivity index (χ0) is 55.0. The van der Waals surface area contributed by atoms with Crippen molar-refractivity contribution in [1.82, 2.24) is 5.32 Å². The number of hydrogen-bond donors (Lipinski definition) is 6. The number of aliphatic hydroxyl groups is 5. The van der Waals surface area contributed by atoms with E-state index in [0.717, 1.165) is 38.5 Å². The van der Waals surface area contributed by atoms with Gasteiger partial charge in [0.1, 0.15) is 24.4 Å². The topological polar surface area (TPSA) is 149 Å². The van der Waals surface area contributed by atoms with Crippen LogP contribution in [0, 0.1) is 0 Å². The number of amides is 1. The van der Waals surface area contributed by atoms with Gasteiger partial charge in [0, 0.05) is 6.42 Å². The summed E-state index contributed by atoms with van der Waals surface area (Å²) in [7, 11) is 0. The molecule has 1 aliphatic rings. The van der Waals surface area contributed by atoms with E-state index in [1.807, 2.05) is 6.08 Å². The van der Waals surface area contributed by atoms with E-state index < -0.39 is 49.5 Å². The molecule has 1 fully saturated rings. The van der Waals surface area contributed by atoms with Crippen molar-refractivity contribution in [3.8, 4) is 0 Å². The van der Waals surface area contributed by atoms with Crippen molar-refractivity contribution in [3.05, 3.63) is 24.3 Å². The molecule has 6 N–H and O–H groups in total. The molecule has 450 valence electrons. The lowest BCUT2D eigenvalue weighted by atomic mass is 9.99. The first-order valence-corrected chi connectivity index (χ1v) is 33.6. The zero-order valence-corrected chi connectivity index (χ0v) is 50.3. The van der Waals surface area contributed by atoms with Gasteiger partial charge < -0.3 is 40.3 Å². The van der Waals surface area contributed by atoms with Crippen molar-refractivity contribution in [3.63, 3.8) is 0 Å². The van der Waals surface area contributed by atoms with E-state index >= 15 is 0 Å². The fourth-order valence-electron chi connectivity index (χ4n) is 11.0. The largest absolute Gasteiger partial charge is 0.394 e. The molecule has 0 aromatic heterocycles. The van der Waals surface area contributed by atoms with Crippen molar-refractivity contribution in [2.75, 3.05) is 13.2 Å². The van der Waals surface area contributed by atoms with E-state index in [1.54, 1.807) is 6.08 Å². The van der Waals surface area contributed by atoms with E-state index in [1.165, 1.54) is 283 Å². The Morgan fingerprint density at radius 3 is 1.07 bits per heavy atom. The van der Waals surface area contributed by atoms with Gasteiger partial charge in [-0.3, -0.25) is 4.79 Å². The van der Waals surface area contributed by atoms with Crippen LogP contribution in [0.3, 0.4) is 0 Å². The molecule has 1 heterocycles. The van der Waals surface area contributed by atoms with Gasteiger partial charge in [-0.05, 0) is 44.9 Å². The highest BCUT2D eigenvalue weighted by Crippen LogP contribution is 2.23. The molecular formula is C67H129NO8. The molecule has 1 rings (SSSR count). The summed E-state index contributed by atoms with van der Waals surface area (Å²) in [6, 6.07) is -0.806. The Morgan fingerprint density at radius 2 is 0.737 bits per heavy atom. The number of unbranched alkanes of at least 4 members (excludes halogenated alkanes) is 47. The Hall–Kier alpha value is -1.33. The molecule has 7 atom stereocenters. The number of carbonyl (C=O) groups excluding carboxylic acids is 1. The van der Waals surface area contributed by atoms with Gasteiger partial charge in [-0.15, -0.1) is 0 Å². The second-order valence-corrected chi connectivity index (χ2v) is 23.6. The lowest BCUT2D eigenvalue weighted by Crippen LogP contribution is -2.60. The summed E-state index contributed by atoms with van der Waals surface area (Å²) in [5.41, 5.74) is 0. The molecule has 0 aromatic carbocycles. The van der Waals surface area contributed by atoms with Crippen molar-refractivity contribution in [2.24, 2.45) is 0 Å². The average Bonchev–Trinajstić information content (AvgIpc) is 3.42. The van der Waals surface area contributed by atoms with Gasteiger partial charge in [-0.25, -0.2) is 0 Å². The highest BCUT2D eigenvalue weighted by Gasteiger charge is 2.44. The maximum atomic E-state index is 13.1. The average molecular weight is 1080 g/mol. The predicted octanol–water partition coefficient (Wildman–Crippen LogP) is 17.7. The van der Waals surface area contributed by atoms with Gasteiger partial charge in [0.2, 0.25) is 5.91 Å². The number of hydrogen-bond acceptors (Lipinski definition) is 8. The summed E-state index contributed by atoms with van der Waals surface area (Å²) >= 11 is 0. The van der Waals surface area contributed by atoms with Crippen LogP contribution in [0.25, 0.3) is 0 Å². The highest BCUT2D eigenvalue weighted by molar-refractivity contribution is 5.76. The molecule has 1 saturated heterocycles. The second kappa shape index (κ2) is 56.9. The van der Waals surface area contributed by atoms with Gasteiger partial charge in [0.25, 0.3) is 0 Å². The molecule has 1 aliphatic heterocycles. The second-order valence-electron chi connectivity index (χ2n) is 23.6. The SMILES string of the molecule is CCCCCCCCCC/C=C\CCCCCCCCCCCC(=O)NC(COC1OC(CO)C(O)C(O)C1O)C(O)/C=C/CCCCCCCCCCCCCCCCCCCCCCCCCCCCCCCC. The Morgan fingerprint density at radius 1 is 0.434 bits per heavy atom. The van der Waals surface area contributed by atoms with Gasteiger partial charge in [-0.1, -0.05) is 314 Å². The fraction of sp³-hybridized carbons (Fsp3) is 0.925. The van der Waals surface area contributed by atoms with Crippen LogP contribution in [0.15, 0.2) is 24.3 Å².